The van der Waals surface area contributed by atoms with Crippen molar-refractivity contribution in [2.45, 2.75) is 32.1 Å². The van der Waals surface area contributed by atoms with Crippen molar-refractivity contribution in [3.8, 4) is 0 Å². The van der Waals surface area contributed by atoms with Crippen LogP contribution >= 0.6 is 0 Å². The predicted octanol–water partition coefficient (Wildman–Crippen LogP) is 9.09. The highest BCUT2D eigenvalue weighted by Crippen LogP contribution is 2.41. The molecule has 0 saturated carbocycles. The molecule has 0 amide bonds. The monoisotopic (exact) mass is 612 g/mol. The Balaban J connectivity index is 1.33. The fraction of sp³-hybridized carbons (Fsp3) is 0.163. The van der Waals surface area contributed by atoms with E-state index in [2.05, 4.69) is 181 Å². The van der Waals surface area contributed by atoms with Gasteiger partial charge in [0.15, 0.2) is 0 Å². The topological polar surface area (TPSA) is 39.3 Å². The zero-order valence-electron chi connectivity index (χ0n) is 27.2. The van der Waals surface area contributed by atoms with E-state index in [1.165, 1.54) is 71.9 Å². The second-order valence-corrected chi connectivity index (χ2v) is 13.0. The first-order valence-electron chi connectivity index (χ1n) is 16.6. The molecule has 0 aliphatic carbocycles. The molecular formula is C43H40N4. The number of nitrogens with zero attached hydrogens (tertiary/aromatic N) is 1. The second-order valence-electron chi connectivity index (χ2n) is 13.0. The molecule has 3 N–H and O–H groups in total. The zero-order valence-corrected chi connectivity index (χ0v) is 27.2. The average Bonchev–Trinajstić information content (AvgIpc) is 3.12. The van der Waals surface area contributed by atoms with Gasteiger partial charge in [0.05, 0.1) is 6.04 Å². The second kappa shape index (κ2) is 12.1. The number of dihydropyridines is 2. The fourth-order valence-electron chi connectivity index (χ4n) is 7.19. The van der Waals surface area contributed by atoms with Crippen molar-refractivity contribution in [1.82, 2.24) is 20.9 Å². The highest BCUT2D eigenvalue weighted by atomic mass is 15.3. The summed E-state index contributed by atoms with van der Waals surface area (Å²) in [5.74, 6) is 0. The van der Waals surface area contributed by atoms with Gasteiger partial charge in [0.1, 0.15) is 6.17 Å². The van der Waals surface area contributed by atoms with Gasteiger partial charge in [-0.25, -0.2) is 0 Å². The largest absolute Gasteiger partial charge is 0.384 e. The summed E-state index contributed by atoms with van der Waals surface area (Å²) in [5.41, 5.74) is 11.1. The van der Waals surface area contributed by atoms with Gasteiger partial charge in [0.2, 0.25) is 0 Å². The Morgan fingerprint density at radius 3 is 2.09 bits per heavy atom. The summed E-state index contributed by atoms with van der Waals surface area (Å²) < 4.78 is 0. The van der Waals surface area contributed by atoms with Crippen LogP contribution in [0.3, 0.4) is 0 Å². The number of nitrogens with one attached hydrogen (secondary N) is 3. The van der Waals surface area contributed by atoms with Crippen LogP contribution in [-0.2, 0) is 0 Å². The van der Waals surface area contributed by atoms with Gasteiger partial charge in [-0.05, 0) is 105 Å². The number of hydrogen-bond acceptors (Lipinski definition) is 4. The number of fused-ring (bicyclic) bond motifs is 2. The molecule has 0 saturated heterocycles. The van der Waals surface area contributed by atoms with E-state index in [0.717, 1.165) is 6.54 Å². The van der Waals surface area contributed by atoms with E-state index in [1.807, 2.05) is 0 Å². The smallest absolute Gasteiger partial charge is 0.107 e. The van der Waals surface area contributed by atoms with E-state index in [9.17, 15) is 0 Å². The molecule has 3 unspecified atom stereocenters. The van der Waals surface area contributed by atoms with E-state index in [4.69, 9.17) is 0 Å². The summed E-state index contributed by atoms with van der Waals surface area (Å²) >= 11 is 0. The first kappa shape index (κ1) is 29.1. The molecule has 0 fully saturated rings. The van der Waals surface area contributed by atoms with Crippen LogP contribution in [-0.4, -0.2) is 24.5 Å². The molecule has 5 aromatic carbocycles. The van der Waals surface area contributed by atoms with Crippen LogP contribution in [0.25, 0.3) is 38.4 Å². The quantitative estimate of drug-likeness (QED) is 0.185. The highest BCUT2D eigenvalue weighted by Gasteiger charge is 2.31. The first-order valence-corrected chi connectivity index (χ1v) is 16.6. The molecule has 4 heteroatoms. The first-order chi connectivity index (χ1) is 23.0. The van der Waals surface area contributed by atoms with E-state index in [-0.39, 0.29) is 12.2 Å². The average molecular weight is 613 g/mol. The van der Waals surface area contributed by atoms with Gasteiger partial charge in [0.25, 0.3) is 0 Å². The van der Waals surface area contributed by atoms with E-state index >= 15 is 0 Å². The van der Waals surface area contributed by atoms with E-state index in [1.54, 1.807) is 0 Å². The van der Waals surface area contributed by atoms with Crippen LogP contribution in [0.5, 0.6) is 0 Å². The molecule has 0 aromatic heterocycles. The third-order valence-electron chi connectivity index (χ3n) is 9.80. The van der Waals surface area contributed by atoms with Crippen LogP contribution in [0, 0.1) is 0 Å². The molecule has 232 valence electrons. The number of allylic oxidation sites excluding steroid dienone is 5. The zero-order chi connectivity index (χ0) is 31.9. The highest BCUT2D eigenvalue weighted by molar-refractivity contribution is 5.89. The maximum absolute atomic E-state index is 4.07. The SMILES string of the molecule is CC1=CC=C(c2cc(C3=CNC(C)C=C3)cc(C3=CC(c4cccc5ccccc45)NC(c4cccc5ccccc45)N3C)c2)CN1. The van der Waals surface area contributed by atoms with Crippen LogP contribution in [0.1, 0.15) is 53.9 Å². The van der Waals surface area contributed by atoms with Crippen LogP contribution in [0.15, 0.2) is 145 Å². The number of rotatable bonds is 5. The molecule has 8 rings (SSSR count). The predicted molar refractivity (Wildman–Crippen MR) is 198 cm³/mol. The van der Waals surface area contributed by atoms with Gasteiger partial charge in [-0.2, -0.15) is 0 Å². The molecule has 3 aliphatic heterocycles. The Morgan fingerprint density at radius 2 is 1.38 bits per heavy atom. The molecule has 4 nitrogen and oxygen atoms in total. The third kappa shape index (κ3) is 5.55. The summed E-state index contributed by atoms with van der Waals surface area (Å²) in [6.07, 6.45) is 13.5. The van der Waals surface area contributed by atoms with Gasteiger partial charge in [-0.15, -0.1) is 0 Å². The molecule has 3 atom stereocenters. The Hall–Kier alpha value is -5.32. The Labute approximate surface area is 277 Å². The Bertz CT molecular complexity index is 2150. The number of benzene rings is 5. The molecule has 47 heavy (non-hydrogen) atoms. The molecule has 0 radical (unpaired) electrons. The number of hydrogen-bond donors (Lipinski definition) is 3. The van der Waals surface area contributed by atoms with Crippen LogP contribution in [0.2, 0.25) is 0 Å². The van der Waals surface area contributed by atoms with Crippen molar-refractivity contribution >= 4 is 38.4 Å². The van der Waals surface area contributed by atoms with E-state index in [0.29, 0.717) is 6.04 Å². The van der Waals surface area contributed by atoms with Gasteiger partial charge in [-0.1, -0.05) is 103 Å². The van der Waals surface area contributed by atoms with Crippen molar-refractivity contribution < 1.29 is 0 Å². The normalized spacial score (nSPS) is 21.0. The Kier molecular flexibility index (Phi) is 7.51. The van der Waals surface area contributed by atoms with Crippen LogP contribution < -0.4 is 16.0 Å². The third-order valence-corrected chi connectivity index (χ3v) is 9.80. The van der Waals surface area contributed by atoms with Crippen molar-refractivity contribution in [3.05, 3.63) is 173 Å². The lowest BCUT2D eigenvalue weighted by Gasteiger charge is -2.41. The summed E-state index contributed by atoms with van der Waals surface area (Å²) in [7, 11) is 2.23. The lowest BCUT2D eigenvalue weighted by atomic mass is 9.89. The van der Waals surface area contributed by atoms with Crippen molar-refractivity contribution in [1.29, 1.82) is 0 Å². The van der Waals surface area contributed by atoms with E-state index < -0.39 is 0 Å². The minimum Gasteiger partial charge on any atom is -0.384 e. The minimum atomic E-state index is -0.0466. The standard InChI is InChI=1S/C43H40N4/c1-28-18-20-32(26-44-28)34-22-35(33-21-19-29(2)45-27-33)24-36(23-34)42-25-41(39-16-8-12-30-10-4-6-14-37(30)39)46-43(47(42)3)40-17-9-13-31-11-5-7-15-38(31)40/h4-26,28,41,43-46H,27H2,1-3H3. The minimum absolute atomic E-state index is 0.000767. The molecule has 5 aromatic rings. The molecule has 3 aliphatic rings. The lowest BCUT2D eigenvalue weighted by molar-refractivity contribution is 0.265. The fourth-order valence-corrected chi connectivity index (χ4v) is 7.19. The van der Waals surface area contributed by atoms with Crippen molar-refractivity contribution in [3.63, 3.8) is 0 Å². The summed E-state index contributed by atoms with van der Waals surface area (Å²) in [6.45, 7) is 5.10. The Morgan fingerprint density at radius 1 is 0.723 bits per heavy atom. The molecule has 0 spiro atoms. The summed E-state index contributed by atoms with van der Waals surface area (Å²) in [5, 5.41) is 16.2. The van der Waals surface area contributed by atoms with Crippen molar-refractivity contribution in [2.75, 3.05) is 13.6 Å². The molecule has 0 bridgehead atoms. The molecule has 3 heterocycles. The lowest BCUT2D eigenvalue weighted by Crippen LogP contribution is -2.41. The summed E-state index contributed by atoms with van der Waals surface area (Å²) in [4.78, 5) is 2.43. The van der Waals surface area contributed by atoms with Gasteiger partial charge < -0.3 is 15.5 Å². The van der Waals surface area contributed by atoms with Gasteiger partial charge in [-0.3, -0.25) is 5.32 Å². The summed E-state index contributed by atoms with van der Waals surface area (Å²) in [6, 6.07) is 38.2. The van der Waals surface area contributed by atoms with Gasteiger partial charge in [0, 0.05) is 37.2 Å². The van der Waals surface area contributed by atoms with Crippen molar-refractivity contribution in [2.24, 2.45) is 0 Å². The maximum atomic E-state index is 4.07. The van der Waals surface area contributed by atoms with Gasteiger partial charge >= 0.3 is 0 Å². The van der Waals surface area contributed by atoms with Crippen LogP contribution in [0.4, 0.5) is 0 Å². The molecular weight excluding hydrogens is 573 g/mol. The maximum Gasteiger partial charge on any atom is 0.107 e.